The SMILES string of the molecule is O=C(CCCOc1ccccc1F)NC(C(=O)O)C1CCCOC1. The number of amides is 1. The molecule has 0 saturated carbocycles. The second-order valence-electron chi connectivity index (χ2n) is 5.74. The minimum Gasteiger partial charge on any atom is -0.491 e. The van der Waals surface area contributed by atoms with Crippen molar-refractivity contribution in [2.45, 2.75) is 31.7 Å². The van der Waals surface area contributed by atoms with E-state index in [0.717, 1.165) is 6.42 Å². The highest BCUT2D eigenvalue weighted by Gasteiger charge is 2.31. The van der Waals surface area contributed by atoms with Crippen molar-refractivity contribution in [1.29, 1.82) is 0 Å². The highest BCUT2D eigenvalue weighted by molar-refractivity contribution is 5.83. The Hall–Kier alpha value is -2.15. The van der Waals surface area contributed by atoms with Gasteiger partial charge < -0.3 is 19.9 Å². The van der Waals surface area contributed by atoms with Crippen LogP contribution < -0.4 is 10.1 Å². The minimum absolute atomic E-state index is 0.117. The van der Waals surface area contributed by atoms with Crippen LogP contribution in [0.25, 0.3) is 0 Å². The number of hydrogen-bond donors (Lipinski definition) is 2. The third-order valence-corrected chi connectivity index (χ3v) is 3.89. The van der Waals surface area contributed by atoms with E-state index >= 15 is 0 Å². The third kappa shape index (κ3) is 5.49. The molecule has 1 amide bonds. The van der Waals surface area contributed by atoms with Gasteiger partial charge in [-0.3, -0.25) is 4.79 Å². The van der Waals surface area contributed by atoms with Gasteiger partial charge in [-0.25, -0.2) is 9.18 Å². The standard InChI is InChI=1S/C17H22FNO5/c18-13-6-1-2-7-14(13)24-10-4-8-15(20)19-16(17(21)22)12-5-3-9-23-11-12/h1-2,6-7,12,16H,3-5,8-11H2,(H,19,20)(H,21,22). The Morgan fingerprint density at radius 3 is 2.88 bits per heavy atom. The number of carboxylic acid groups (broad SMARTS) is 1. The molecular weight excluding hydrogens is 317 g/mol. The van der Waals surface area contributed by atoms with Gasteiger partial charge in [0, 0.05) is 18.9 Å². The maximum Gasteiger partial charge on any atom is 0.326 e. The van der Waals surface area contributed by atoms with E-state index in [2.05, 4.69) is 5.32 Å². The molecular formula is C17H22FNO5. The smallest absolute Gasteiger partial charge is 0.326 e. The van der Waals surface area contributed by atoms with Gasteiger partial charge in [0.1, 0.15) is 6.04 Å². The first kappa shape index (κ1) is 18.2. The summed E-state index contributed by atoms with van der Waals surface area (Å²) < 4.78 is 23.9. The van der Waals surface area contributed by atoms with E-state index in [-0.39, 0.29) is 30.6 Å². The van der Waals surface area contributed by atoms with Crippen molar-refractivity contribution in [2.24, 2.45) is 5.92 Å². The number of carbonyl (C=O) groups is 2. The molecule has 6 nitrogen and oxygen atoms in total. The predicted octanol–water partition coefficient (Wildman–Crippen LogP) is 1.98. The zero-order valence-corrected chi connectivity index (χ0v) is 13.4. The number of rotatable bonds is 8. The van der Waals surface area contributed by atoms with Crippen molar-refractivity contribution in [2.75, 3.05) is 19.8 Å². The predicted molar refractivity (Wildman–Crippen MR) is 84.2 cm³/mol. The van der Waals surface area contributed by atoms with E-state index in [0.29, 0.717) is 26.1 Å². The maximum absolute atomic E-state index is 13.4. The topological polar surface area (TPSA) is 84.9 Å². The van der Waals surface area contributed by atoms with E-state index in [1.807, 2.05) is 0 Å². The lowest BCUT2D eigenvalue weighted by Gasteiger charge is -2.28. The number of para-hydroxylation sites is 1. The molecule has 1 fully saturated rings. The van der Waals surface area contributed by atoms with E-state index < -0.39 is 17.8 Å². The minimum atomic E-state index is -1.05. The highest BCUT2D eigenvalue weighted by atomic mass is 19.1. The number of carboxylic acids is 1. The van der Waals surface area contributed by atoms with Crippen LogP contribution in [0.15, 0.2) is 24.3 Å². The summed E-state index contributed by atoms with van der Waals surface area (Å²) in [7, 11) is 0. The Morgan fingerprint density at radius 1 is 1.42 bits per heavy atom. The number of aliphatic carboxylic acids is 1. The van der Waals surface area contributed by atoms with Gasteiger partial charge in [0.05, 0.1) is 13.2 Å². The molecule has 1 aromatic rings. The lowest BCUT2D eigenvalue weighted by atomic mass is 9.93. The molecule has 0 radical (unpaired) electrons. The fraction of sp³-hybridized carbons (Fsp3) is 0.529. The van der Waals surface area contributed by atoms with Crippen molar-refractivity contribution >= 4 is 11.9 Å². The molecule has 2 N–H and O–H groups in total. The Kier molecular flexibility index (Phi) is 6.99. The van der Waals surface area contributed by atoms with Crippen LogP contribution in [0.5, 0.6) is 5.75 Å². The average Bonchev–Trinajstić information content (AvgIpc) is 2.58. The van der Waals surface area contributed by atoms with E-state index in [1.165, 1.54) is 12.1 Å². The summed E-state index contributed by atoms with van der Waals surface area (Å²) in [6.07, 6.45) is 1.99. The number of nitrogens with one attached hydrogen (secondary N) is 1. The van der Waals surface area contributed by atoms with Crippen molar-refractivity contribution in [1.82, 2.24) is 5.32 Å². The second-order valence-corrected chi connectivity index (χ2v) is 5.74. The fourth-order valence-corrected chi connectivity index (χ4v) is 2.63. The molecule has 1 saturated heterocycles. The molecule has 1 aliphatic rings. The molecule has 2 atom stereocenters. The number of halogens is 1. The van der Waals surface area contributed by atoms with Gasteiger partial charge in [-0.05, 0) is 31.4 Å². The van der Waals surface area contributed by atoms with Gasteiger partial charge in [-0.1, -0.05) is 12.1 Å². The van der Waals surface area contributed by atoms with Crippen LogP contribution in [0, 0.1) is 11.7 Å². The van der Waals surface area contributed by atoms with Gasteiger partial charge in [-0.2, -0.15) is 0 Å². The van der Waals surface area contributed by atoms with Crippen LogP contribution in [0.3, 0.4) is 0 Å². The Bertz CT molecular complexity index is 560. The molecule has 132 valence electrons. The lowest BCUT2D eigenvalue weighted by Crippen LogP contribution is -2.48. The van der Waals surface area contributed by atoms with Crippen LogP contribution in [-0.2, 0) is 14.3 Å². The zero-order chi connectivity index (χ0) is 17.4. The Labute approximate surface area is 139 Å². The van der Waals surface area contributed by atoms with Gasteiger partial charge in [0.2, 0.25) is 5.91 Å². The van der Waals surface area contributed by atoms with Crippen LogP contribution in [0.1, 0.15) is 25.7 Å². The largest absolute Gasteiger partial charge is 0.491 e. The van der Waals surface area contributed by atoms with E-state index in [4.69, 9.17) is 9.47 Å². The van der Waals surface area contributed by atoms with Crippen LogP contribution in [-0.4, -0.2) is 42.8 Å². The third-order valence-electron chi connectivity index (χ3n) is 3.89. The molecule has 1 aromatic carbocycles. The summed E-state index contributed by atoms with van der Waals surface area (Å²) >= 11 is 0. The molecule has 1 aliphatic heterocycles. The van der Waals surface area contributed by atoms with Gasteiger partial charge in [-0.15, -0.1) is 0 Å². The summed E-state index contributed by atoms with van der Waals surface area (Å²) in [5, 5.41) is 11.8. The van der Waals surface area contributed by atoms with E-state index in [1.54, 1.807) is 12.1 Å². The highest BCUT2D eigenvalue weighted by Crippen LogP contribution is 2.18. The molecule has 24 heavy (non-hydrogen) atoms. The zero-order valence-electron chi connectivity index (χ0n) is 13.4. The molecule has 0 spiro atoms. The van der Waals surface area contributed by atoms with Gasteiger partial charge >= 0.3 is 5.97 Å². The number of benzene rings is 1. The first-order valence-electron chi connectivity index (χ1n) is 8.05. The molecule has 7 heteroatoms. The van der Waals surface area contributed by atoms with Gasteiger partial charge in [0.15, 0.2) is 11.6 Å². The van der Waals surface area contributed by atoms with Crippen molar-refractivity contribution in [3.63, 3.8) is 0 Å². The molecule has 2 rings (SSSR count). The lowest BCUT2D eigenvalue weighted by molar-refractivity contribution is -0.145. The number of hydrogen-bond acceptors (Lipinski definition) is 4. The monoisotopic (exact) mass is 339 g/mol. The Balaban J connectivity index is 1.73. The maximum atomic E-state index is 13.4. The van der Waals surface area contributed by atoms with Crippen molar-refractivity contribution in [3.05, 3.63) is 30.1 Å². The summed E-state index contributed by atoms with van der Waals surface area (Å²) in [6, 6.07) is 5.10. The first-order chi connectivity index (χ1) is 11.6. The van der Waals surface area contributed by atoms with Crippen molar-refractivity contribution < 1.29 is 28.6 Å². The molecule has 2 unspecified atom stereocenters. The fourth-order valence-electron chi connectivity index (χ4n) is 2.63. The number of ether oxygens (including phenoxy) is 2. The van der Waals surface area contributed by atoms with Crippen LogP contribution >= 0.6 is 0 Å². The summed E-state index contributed by atoms with van der Waals surface area (Å²) in [5.41, 5.74) is 0. The molecule has 1 heterocycles. The van der Waals surface area contributed by atoms with Crippen LogP contribution in [0.4, 0.5) is 4.39 Å². The summed E-state index contributed by atoms with van der Waals surface area (Å²) in [6.45, 7) is 1.15. The van der Waals surface area contributed by atoms with E-state index in [9.17, 15) is 19.1 Å². The van der Waals surface area contributed by atoms with Crippen LogP contribution in [0.2, 0.25) is 0 Å². The molecule has 0 aliphatic carbocycles. The number of carbonyl (C=O) groups excluding carboxylic acids is 1. The summed E-state index contributed by atoms with van der Waals surface area (Å²) in [5.74, 6) is -1.94. The molecule has 0 aromatic heterocycles. The normalized spacial score (nSPS) is 18.6. The van der Waals surface area contributed by atoms with Gasteiger partial charge in [0.25, 0.3) is 0 Å². The second kappa shape index (κ2) is 9.22. The average molecular weight is 339 g/mol. The summed E-state index contributed by atoms with van der Waals surface area (Å²) in [4.78, 5) is 23.3. The Morgan fingerprint density at radius 2 is 2.21 bits per heavy atom. The quantitative estimate of drug-likeness (QED) is 0.708. The van der Waals surface area contributed by atoms with Crippen molar-refractivity contribution in [3.8, 4) is 5.75 Å². The molecule has 0 bridgehead atoms. The first-order valence-corrected chi connectivity index (χ1v) is 8.05.